The van der Waals surface area contributed by atoms with Gasteiger partial charge in [0.25, 0.3) is 5.56 Å². The second kappa shape index (κ2) is 7.80. The fraction of sp³-hybridized carbons (Fsp3) is 0.556. The molecular formula is C9H14N2O13P2. The quantitative estimate of drug-likeness (QED) is 0.118. The van der Waals surface area contributed by atoms with Crippen LogP contribution in [-0.4, -0.2) is 52.7 Å². The summed E-state index contributed by atoms with van der Waals surface area (Å²) in [6.45, 7) is 0. The maximum absolute atomic E-state index is 11.7. The molecule has 0 spiro atoms. The molecule has 26 heavy (non-hydrogen) atoms. The van der Waals surface area contributed by atoms with Gasteiger partial charge < -0.3 is 29.4 Å². The number of aliphatic hydroxyl groups excluding tert-OH is 1. The van der Waals surface area contributed by atoms with Crippen molar-refractivity contribution in [2.24, 2.45) is 0 Å². The van der Waals surface area contributed by atoms with Gasteiger partial charge in [0.1, 0.15) is 12.2 Å². The van der Waals surface area contributed by atoms with E-state index in [1.807, 2.05) is 4.98 Å². The lowest BCUT2D eigenvalue weighted by Gasteiger charge is -2.23. The Morgan fingerprint density at radius 1 is 1.23 bits per heavy atom. The lowest BCUT2D eigenvalue weighted by molar-refractivity contribution is -0.334. The molecule has 6 N–H and O–H groups in total. The van der Waals surface area contributed by atoms with E-state index in [4.69, 9.17) is 24.3 Å². The lowest BCUT2D eigenvalue weighted by atomic mass is 10.2. The van der Waals surface area contributed by atoms with Crippen LogP contribution < -0.4 is 11.2 Å². The number of ether oxygens (including phenoxy) is 1. The van der Waals surface area contributed by atoms with Crippen molar-refractivity contribution >= 4 is 15.6 Å². The molecule has 1 unspecified atom stereocenters. The SMILES string of the molecule is O=c1ccn([C@@H]2O[C@H](C(OOP(=O)(O)O)OP(=O)(O)O)C[C@H]2O)c(=O)[nH]1. The van der Waals surface area contributed by atoms with Crippen LogP contribution >= 0.6 is 15.6 Å². The van der Waals surface area contributed by atoms with Gasteiger partial charge in [-0.1, -0.05) is 0 Å². The van der Waals surface area contributed by atoms with Gasteiger partial charge in [-0.15, -0.1) is 4.67 Å². The van der Waals surface area contributed by atoms with Crippen LogP contribution in [0, 0.1) is 0 Å². The van der Waals surface area contributed by atoms with E-state index in [0.29, 0.717) is 0 Å². The number of nitrogens with zero attached hydrogens (tertiary/aromatic N) is 1. The number of phosphoric acid groups is 2. The Hall–Kier alpha value is -1.22. The van der Waals surface area contributed by atoms with E-state index in [1.165, 1.54) is 0 Å². The molecule has 1 saturated heterocycles. The van der Waals surface area contributed by atoms with Crippen molar-refractivity contribution in [3.63, 3.8) is 0 Å². The first-order valence-corrected chi connectivity index (χ1v) is 9.71. The molecule has 1 aromatic heterocycles. The zero-order chi connectivity index (χ0) is 19.7. The van der Waals surface area contributed by atoms with Crippen molar-refractivity contribution < 1.29 is 52.6 Å². The number of hydrogen-bond acceptors (Lipinski definition) is 9. The first-order chi connectivity index (χ1) is 11.9. The minimum absolute atomic E-state index is 0.425. The Bertz CT molecular complexity index is 839. The summed E-state index contributed by atoms with van der Waals surface area (Å²) >= 11 is 0. The van der Waals surface area contributed by atoms with Crippen molar-refractivity contribution in [1.82, 2.24) is 9.55 Å². The third kappa shape index (κ3) is 5.90. The van der Waals surface area contributed by atoms with E-state index in [-0.39, 0.29) is 0 Å². The highest BCUT2D eigenvalue weighted by Gasteiger charge is 2.44. The molecule has 2 heterocycles. The number of nitrogens with one attached hydrogen (secondary N) is 1. The molecule has 1 aromatic rings. The van der Waals surface area contributed by atoms with E-state index >= 15 is 0 Å². The van der Waals surface area contributed by atoms with Crippen molar-refractivity contribution in [1.29, 1.82) is 0 Å². The summed E-state index contributed by atoms with van der Waals surface area (Å²) < 4.78 is 35.5. The molecular weight excluding hydrogens is 406 g/mol. The third-order valence-electron chi connectivity index (χ3n) is 3.02. The summed E-state index contributed by atoms with van der Waals surface area (Å²) in [5.41, 5.74) is -1.65. The molecule has 0 saturated carbocycles. The summed E-state index contributed by atoms with van der Waals surface area (Å²) in [7, 11) is -10.4. The number of hydrogen-bond donors (Lipinski definition) is 6. The third-order valence-corrected chi connectivity index (χ3v) is 3.78. The number of aromatic amines is 1. The standard InChI is InChI=1S/C9H14N2O13P2/c12-4-3-5(8(23-25(15,16)17)22-24-26(18,19)20)21-7(4)11-2-1-6(13)10-9(11)14/h1-2,4-5,7-8,12H,3H2,(H,10,13,14)(H2,15,16,17)(H2,18,19,20)/t4-,5+,7-,8?/m1/s1. The van der Waals surface area contributed by atoms with Crippen LogP contribution in [0.15, 0.2) is 21.9 Å². The van der Waals surface area contributed by atoms with Crippen molar-refractivity contribution in [3.05, 3.63) is 33.1 Å². The molecule has 4 atom stereocenters. The normalized spacial score (nSPS) is 25.3. The number of rotatable bonds is 7. The smallest absolute Gasteiger partial charge is 0.388 e. The summed E-state index contributed by atoms with van der Waals surface area (Å²) in [6, 6.07) is 0.960. The summed E-state index contributed by atoms with van der Waals surface area (Å²) in [6.07, 6.45) is -5.93. The number of H-pyrrole nitrogens is 1. The molecule has 0 amide bonds. The monoisotopic (exact) mass is 420 g/mol. The predicted octanol–water partition coefficient (Wildman–Crippen LogP) is -2.34. The largest absolute Gasteiger partial charge is 0.496 e. The molecule has 0 radical (unpaired) electrons. The summed E-state index contributed by atoms with van der Waals surface area (Å²) in [5.74, 6) is 0. The molecule has 148 valence electrons. The highest BCUT2D eigenvalue weighted by molar-refractivity contribution is 7.46. The van der Waals surface area contributed by atoms with Gasteiger partial charge in [0.2, 0.25) is 6.29 Å². The highest BCUT2D eigenvalue weighted by Crippen LogP contribution is 2.44. The first-order valence-electron chi connectivity index (χ1n) is 6.65. The maximum Gasteiger partial charge on any atom is 0.496 e. The zero-order valence-electron chi connectivity index (χ0n) is 12.5. The summed E-state index contributed by atoms with van der Waals surface area (Å²) in [5, 5.41) is 10.0. The fourth-order valence-electron chi connectivity index (χ4n) is 2.11. The van der Waals surface area contributed by atoms with Crippen LogP contribution in [0.1, 0.15) is 12.6 Å². The molecule has 0 aromatic carbocycles. The molecule has 1 aliphatic heterocycles. The maximum atomic E-state index is 11.7. The second-order valence-corrected chi connectivity index (χ2v) is 7.33. The van der Waals surface area contributed by atoms with Crippen molar-refractivity contribution in [2.75, 3.05) is 0 Å². The van der Waals surface area contributed by atoms with Gasteiger partial charge in [-0.2, -0.15) is 4.89 Å². The van der Waals surface area contributed by atoms with E-state index < -0.39 is 58.0 Å². The predicted molar refractivity (Wildman–Crippen MR) is 77.0 cm³/mol. The Labute approximate surface area is 143 Å². The molecule has 17 heteroatoms. The number of phosphoric ester groups is 1. The minimum Gasteiger partial charge on any atom is -0.388 e. The lowest BCUT2D eigenvalue weighted by Crippen LogP contribution is -2.35. The Morgan fingerprint density at radius 3 is 2.42 bits per heavy atom. The zero-order valence-corrected chi connectivity index (χ0v) is 14.3. The second-order valence-electron chi connectivity index (χ2n) is 5.01. The van der Waals surface area contributed by atoms with E-state index in [0.717, 1.165) is 16.8 Å². The van der Waals surface area contributed by atoms with E-state index in [9.17, 15) is 23.8 Å². The van der Waals surface area contributed by atoms with Gasteiger partial charge in [-0.3, -0.25) is 18.9 Å². The minimum atomic E-state index is -5.22. The Balaban J connectivity index is 2.21. The molecule has 1 aliphatic rings. The van der Waals surface area contributed by atoms with Gasteiger partial charge in [0.15, 0.2) is 6.23 Å². The molecule has 1 fully saturated rings. The average Bonchev–Trinajstić information content (AvgIpc) is 2.83. The van der Waals surface area contributed by atoms with Gasteiger partial charge >= 0.3 is 21.3 Å². The Morgan fingerprint density at radius 2 is 1.88 bits per heavy atom. The molecule has 2 rings (SSSR count). The topological polar surface area (TPSA) is 227 Å². The molecule has 0 aliphatic carbocycles. The van der Waals surface area contributed by atoms with Gasteiger partial charge in [-0.05, 0) is 0 Å². The number of aromatic nitrogens is 2. The Kier molecular flexibility index (Phi) is 6.32. The van der Waals surface area contributed by atoms with Crippen molar-refractivity contribution in [2.45, 2.75) is 31.1 Å². The highest BCUT2D eigenvalue weighted by atomic mass is 31.2. The molecule has 15 nitrogen and oxygen atoms in total. The van der Waals surface area contributed by atoms with Gasteiger partial charge in [-0.25, -0.2) is 13.9 Å². The van der Waals surface area contributed by atoms with E-state index in [1.54, 1.807) is 0 Å². The van der Waals surface area contributed by atoms with Crippen molar-refractivity contribution in [3.8, 4) is 0 Å². The first kappa shape index (κ1) is 21.1. The fourth-order valence-corrected chi connectivity index (χ4v) is 2.75. The summed E-state index contributed by atoms with van der Waals surface area (Å²) in [4.78, 5) is 63.8. The van der Waals surface area contributed by atoms with Crippen LogP contribution in [0.4, 0.5) is 0 Å². The van der Waals surface area contributed by atoms with Crippen LogP contribution in [-0.2, 0) is 28.0 Å². The van der Waals surface area contributed by atoms with Gasteiger partial charge in [0, 0.05) is 18.7 Å². The number of aliphatic hydroxyl groups is 1. The van der Waals surface area contributed by atoms with Crippen LogP contribution in [0.25, 0.3) is 0 Å². The van der Waals surface area contributed by atoms with Crippen LogP contribution in [0.2, 0.25) is 0 Å². The van der Waals surface area contributed by atoms with Gasteiger partial charge in [0.05, 0.1) is 0 Å². The average molecular weight is 420 g/mol. The van der Waals surface area contributed by atoms with Crippen LogP contribution in [0.3, 0.4) is 0 Å². The molecule has 0 bridgehead atoms. The van der Waals surface area contributed by atoms with Crippen LogP contribution in [0.5, 0.6) is 0 Å². The van der Waals surface area contributed by atoms with E-state index in [2.05, 4.69) is 14.1 Å².